The number of benzene rings is 3. The highest BCUT2D eigenvalue weighted by molar-refractivity contribution is 7.09. The number of likely N-dealkylation sites (tertiary alicyclic amines) is 1. The molecule has 9 heteroatoms. The van der Waals surface area contributed by atoms with Crippen LogP contribution in [0.3, 0.4) is 0 Å². The van der Waals surface area contributed by atoms with Gasteiger partial charge in [0.25, 0.3) is 0 Å². The lowest BCUT2D eigenvalue weighted by molar-refractivity contribution is -0.138. The van der Waals surface area contributed by atoms with Crippen LogP contribution in [0.4, 0.5) is 4.79 Å². The third kappa shape index (κ3) is 7.09. The summed E-state index contributed by atoms with van der Waals surface area (Å²) in [5.74, 6) is -0.403. The fourth-order valence-corrected chi connectivity index (χ4v) is 6.87. The monoisotopic (exact) mass is 624 g/mol. The molecule has 2 heterocycles. The highest BCUT2D eigenvalue weighted by Gasteiger charge is 2.40. The fraction of sp³-hybridized carbons (Fsp3) is 0.333. The second-order valence-electron chi connectivity index (χ2n) is 11.9. The molecule has 3 amide bonds. The Morgan fingerprint density at radius 1 is 0.889 bits per heavy atom. The highest BCUT2D eigenvalue weighted by atomic mass is 32.1. The molecule has 234 valence electrons. The summed E-state index contributed by atoms with van der Waals surface area (Å²) in [6.45, 7) is 8.16. The number of para-hydroxylation sites is 1. The summed E-state index contributed by atoms with van der Waals surface area (Å²) in [5.41, 5.74) is 2.76. The van der Waals surface area contributed by atoms with Crippen LogP contribution < -0.4 is 15.4 Å². The van der Waals surface area contributed by atoms with Crippen LogP contribution in [-0.4, -0.2) is 46.4 Å². The second-order valence-corrected chi connectivity index (χ2v) is 12.8. The minimum Gasteiger partial charge on any atom is -0.410 e. The van der Waals surface area contributed by atoms with Crippen LogP contribution in [0.15, 0.2) is 96.4 Å². The van der Waals surface area contributed by atoms with Crippen molar-refractivity contribution in [1.29, 1.82) is 0 Å². The first-order chi connectivity index (χ1) is 21.7. The van der Waals surface area contributed by atoms with Crippen molar-refractivity contribution in [2.45, 2.75) is 64.1 Å². The molecule has 1 fully saturated rings. The number of carbonyl (C=O) groups excluding carboxylic acids is 3. The zero-order chi connectivity index (χ0) is 32.0. The molecular formula is C36H40N4O4S. The van der Waals surface area contributed by atoms with E-state index in [2.05, 4.69) is 47.2 Å². The Bertz CT molecular complexity index is 1550. The Balaban J connectivity index is 1.31. The number of aromatic nitrogens is 1. The smallest absolute Gasteiger partial charge is 0.410 e. The number of ether oxygens (including phenoxy) is 1. The number of amides is 3. The Morgan fingerprint density at radius 3 is 2.04 bits per heavy atom. The van der Waals surface area contributed by atoms with Crippen LogP contribution in [0.1, 0.15) is 68.4 Å². The average Bonchev–Trinajstić information content (AvgIpc) is 3.75. The van der Waals surface area contributed by atoms with E-state index in [1.54, 1.807) is 42.5 Å². The number of rotatable bonds is 10. The summed E-state index contributed by atoms with van der Waals surface area (Å²) in [7, 11) is 0. The topological polar surface area (TPSA) is 101 Å². The fourth-order valence-electron chi connectivity index (χ4n) is 5.80. The van der Waals surface area contributed by atoms with E-state index < -0.39 is 29.5 Å². The molecule has 3 atom stereocenters. The van der Waals surface area contributed by atoms with Gasteiger partial charge in [0.15, 0.2) is 0 Å². The predicted molar refractivity (Wildman–Crippen MR) is 176 cm³/mol. The molecule has 5 rings (SSSR count). The molecule has 0 aliphatic carbocycles. The van der Waals surface area contributed by atoms with Gasteiger partial charge in [-0.25, -0.2) is 9.78 Å². The van der Waals surface area contributed by atoms with E-state index in [4.69, 9.17) is 9.72 Å². The predicted octanol–water partition coefficient (Wildman–Crippen LogP) is 6.48. The zero-order valence-corrected chi connectivity index (χ0v) is 26.9. The van der Waals surface area contributed by atoms with Crippen molar-refractivity contribution >= 4 is 29.2 Å². The van der Waals surface area contributed by atoms with Crippen LogP contribution in [0.25, 0.3) is 0 Å². The largest absolute Gasteiger partial charge is 0.413 e. The SMILES string of the molecule is CC(C)[C@H](NC(=O)[C@H](C)NC(=O)Oc1ccccc1)C(=O)N1CCC[C@H]1c1nc(C(C)(c2ccccc2)c2ccccc2)cs1. The van der Waals surface area contributed by atoms with Gasteiger partial charge < -0.3 is 20.3 Å². The average molecular weight is 625 g/mol. The molecule has 0 unspecified atom stereocenters. The van der Waals surface area contributed by atoms with Gasteiger partial charge in [-0.2, -0.15) is 0 Å². The number of hydrogen-bond acceptors (Lipinski definition) is 6. The Hall–Kier alpha value is -4.50. The van der Waals surface area contributed by atoms with Crippen molar-refractivity contribution in [3.8, 4) is 5.75 Å². The molecule has 45 heavy (non-hydrogen) atoms. The van der Waals surface area contributed by atoms with Crippen molar-refractivity contribution in [1.82, 2.24) is 20.5 Å². The number of hydrogen-bond donors (Lipinski definition) is 2. The van der Waals surface area contributed by atoms with Crippen molar-refractivity contribution < 1.29 is 19.1 Å². The van der Waals surface area contributed by atoms with Crippen molar-refractivity contribution in [3.63, 3.8) is 0 Å². The summed E-state index contributed by atoms with van der Waals surface area (Å²) in [4.78, 5) is 46.5. The van der Waals surface area contributed by atoms with E-state index in [0.29, 0.717) is 12.3 Å². The quantitative estimate of drug-likeness (QED) is 0.210. The van der Waals surface area contributed by atoms with Crippen LogP contribution in [0.5, 0.6) is 5.75 Å². The minimum atomic E-state index is -0.903. The molecule has 3 aromatic carbocycles. The van der Waals surface area contributed by atoms with Gasteiger partial charge in [-0.3, -0.25) is 9.59 Å². The number of nitrogens with one attached hydrogen (secondary N) is 2. The third-order valence-corrected chi connectivity index (χ3v) is 9.42. The number of carbonyl (C=O) groups is 3. The standard InChI is InChI=1S/C36H40N4O4S/c1-24(2)31(39-32(41)25(3)37-35(43)44-28-19-12-7-13-20-28)34(42)40-22-14-21-29(40)33-38-30(23-45-33)36(4,26-15-8-5-9-16-26)27-17-10-6-11-18-27/h5-13,15-20,23-25,29,31H,14,21-22H2,1-4H3,(H,37,43)(H,39,41)/t25-,29-,31-/m0/s1. The lowest BCUT2D eigenvalue weighted by Gasteiger charge is -2.31. The van der Waals surface area contributed by atoms with Gasteiger partial charge in [-0.1, -0.05) is 92.7 Å². The van der Waals surface area contributed by atoms with Gasteiger partial charge in [-0.05, 0) is 55.9 Å². The molecule has 1 aromatic heterocycles. The first-order valence-electron chi connectivity index (χ1n) is 15.4. The molecule has 1 aliphatic heterocycles. The maximum Gasteiger partial charge on any atom is 0.413 e. The van der Waals surface area contributed by atoms with Gasteiger partial charge in [0, 0.05) is 11.9 Å². The summed E-state index contributed by atoms with van der Waals surface area (Å²) in [6, 6.07) is 27.5. The summed E-state index contributed by atoms with van der Waals surface area (Å²) in [5, 5.41) is 8.44. The third-order valence-electron chi connectivity index (χ3n) is 8.47. The van der Waals surface area contributed by atoms with Gasteiger partial charge in [0.05, 0.1) is 17.2 Å². The molecule has 0 radical (unpaired) electrons. The molecule has 0 bridgehead atoms. The Morgan fingerprint density at radius 2 is 1.47 bits per heavy atom. The molecule has 1 saturated heterocycles. The van der Waals surface area contributed by atoms with E-state index in [1.807, 2.05) is 61.2 Å². The van der Waals surface area contributed by atoms with Crippen molar-refractivity contribution in [3.05, 3.63) is 118 Å². The first-order valence-corrected chi connectivity index (χ1v) is 16.3. The second kappa shape index (κ2) is 14.1. The molecule has 2 N–H and O–H groups in total. The van der Waals surface area contributed by atoms with E-state index in [1.165, 1.54) is 0 Å². The lowest BCUT2D eigenvalue weighted by atomic mass is 9.74. The van der Waals surface area contributed by atoms with Gasteiger partial charge in [0.1, 0.15) is 22.8 Å². The van der Waals surface area contributed by atoms with Crippen LogP contribution in [-0.2, 0) is 15.0 Å². The van der Waals surface area contributed by atoms with E-state index in [-0.39, 0.29) is 17.9 Å². The summed E-state index contributed by atoms with van der Waals surface area (Å²) in [6.07, 6.45) is 0.907. The van der Waals surface area contributed by atoms with Crippen molar-refractivity contribution in [2.75, 3.05) is 6.54 Å². The van der Waals surface area contributed by atoms with E-state index in [0.717, 1.165) is 34.7 Å². The molecule has 8 nitrogen and oxygen atoms in total. The summed E-state index contributed by atoms with van der Waals surface area (Å²) < 4.78 is 5.25. The highest BCUT2D eigenvalue weighted by Crippen LogP contribution is 2.42. The van der Waals surface area contributed by atoms with E-state index >= 15 is 0 Å². The van der Waals surface area contributed by atoms with Gasteiger partial charge in [0.2, 0.25) is 11.8 Å². The number of nitrogens with zero attached hydrogens (tertiary/aromatic N) is 2. The lowest BCUT2D eigenvalue weighted by Crippen LogP contribution is -2.55. The molecule has 0 spiro atoms. The number of thiazole rings is 1. The van der Waals surface area contributed by atoms with E-state index in [9.17, 15) is 14.4 Å². The minimum absolute atomic E-state index is 0.148. The first kappa shape index (κ1) is 31.9. The van der Waals surface area contributed by atoms with Crippen LogP contribution >= 0.6 is 11.3 Å². The van der Waals surface area contributed by atoms with Crippen LogP contribution in [0.2, 0.25) is 0 Å². The maximum atomic E-state index is 14.0. The van der Waals surface area contributed by atoms with Crippen LogP contribution in [0, 0.1) is 5.92 Å². The zero-order valence-electron chi connectivity index (χ0n) is 26.1. The normalized spacial score (nSPS) is 16.2. The molecule has 0 saturated carbocycles. The summed E-state index contributed by atoms with van der Waals surface area (Å²) >= 11 is 1.58. The molecular weight excluding hydrogens is 584 g/mol. The molecule has 1 aliphatic rings. The van der Waals surface area contributed by atoms with Crippen molar-refractivity contribution in [2.24, 2.45) is 5.92 Å². The Kier molecular flexibility index (Phi) is 9.98. The Labute approximate surface area is 268 Å². The maximum absolute atomic E-state index is 14.0. The van der Waals surface area contributed by atoms with Gasteiger partial charge in [-0.15, -0.1) is 11.3 Å². The van der Waals surface area contributed by atoms with Gasteiger partial charge >= 0.3 is 6.09 Å². The molecule has 4 aromatic rings.